The van der Waals surface area contributed by atoms with Crippen molar-refractivity contribution >= 4 is 0 Å². The van der Waals surface area contributed by atoms with Gasteiger partial charge in [0.1, 0.15) is 0 Å². The van der Waals surface area contributed by atoms with Gasteiger partial charge in [0.15, 0.2) is 0 Å². The fourth-order valence-corrected chi connectivity index (χ4v) is 2.66. The third-order valence-corrected chi connectivity index (χ3v) is 3.77. The summed E-state index contributed by atoms with van der Waals surface area (Å²) in [6.07, 6.45) is 13.7. The van der Waals surface area contributed by atoms with E-state index in [2.05, 4.69) is 17.1 Å². The summed E-state index contributed by atoms with van der Waals surface area (Å²) in [5.41, 5.74) is 0. The molecule has 0 amide bonds. The van der Waals surface area contributed by atoms with Gasteiger partial charge >= 0.3 is 0 Å². The number of rotatable bonds is 5. The molecule has 0 aliphatic heterocycles. The van der Waals surface area contributed by atoms with Crippen molar-refractivity contribution in [3.63, 3.8) is 0 Å². The first kappa shape index (κ1) is 11.2. The van der Waals surface area contributed by atoms with Crippen molar-refractivity contribution in [3.8, 4) is 0 Å². The molecule has 0 aromatic carbocycles. The Balaban J connectivity index is 1.90. The van der Waals surface area contributed by atoms with E-state index in [1.54, 1.807) is 0 Å². The third kappa shape index (κ3) is 2.82. The van der Waals surface area contributed by atoms with Gasteiger partial charge in [-0.1, -0.05) is 18.6 Å². The SMILES string of the molecule is OCCCN(C1C=CCCC1)C1CCC1. The second kappa shape index (κ2) is 5.66. The van der Waals surface area contributed by atoms with Crippen molar-refractivity contribution in [2.75, 3.05) is 13.2 Å². The largest absolute Gasteiger partial charge is 0.396 e. The maximum absolute atomic E-state index is 8.94. The number of nitrogens with zero attached hydrogens (tertiary/aromatic N) is 1. The van der Waals surface area contributed by atoms with Gasteiger partial charge in [-0.15, -0.1) is 0 Å². The molecule has 0 spiro atoms. The molecule has 0 aromatic heterocycles. The Bertz CT molecular complexity index is 211. The van der Waals surface area contributed by atoms with Crippen LogP contribution in [0.2, 0.25) is 0 Å². The smallest absolute Gasteiger partial charge is 0.0443 e. The van der Waals surface area contributed by atoms with E-state index in [0.717, 1.165) is 19.0 Å². The normalized spacial score (nSPS) is 26.9. The van der Waals surface area contributed by atoms with Gasteiger partial charge in [-0.3, -0.25) is 4.90 Å². The first-order valence-electron chi connectivity index (χ1n) is 6.45. The van der Waals surface area contributed by atoms with E-state index in [0.29, 0.717) is 12.6 Å². The van der Waals surface area contributed by atoms with E-state index in [1.165, 1.54) is 38.5 Å². The van der Waals surface area contributed by atoms with Gasteiger partial charge in [0.25, 0.3) is 0 Å². The lowest BCUT2D eigenvalue weighted by molar-refractivity contribution is 0.0841. The number of aliphatic hydroxyl groups is 1. The average molecular weight is 209 g/mol. The quantitative estimate of drug-likeness (QED) is 0.702. The van der Waals surface area contributed by atoms with E-state index in [-0.39, 0.29) is 0 Å². The van der Waals surface area contributed by atoms with Crippen molar-refractivity contribution in [1.29, 1.82) is 0 Å². The first-order chi connectivity index (χ1) is 7.42. The highest BCUT2D eigenvalue weighted by atomic mass is 16.3. The van der Waals surface area contributed by atoms with Crippen LogP contribution in [0, 0.1) is 0 Å². The van der Waals surface area contributed by atoms with E-state index in [9.17, 15) is 0 Å². The molecule has 0 radical (unpaired) electrons. The van der Waals surface area contributed by atoms with Gasteiger partial charge in [-0.25, -0.2) is 0 Å². The monoisotopic (exact) mass is 209 g/mol. The van der Waals surface area contributed by atoms with Crippen molar-refractivity contribution in [3.05, 3.63) is 12.2 Å². The van der Waals surface area contributed by atoms with Gasteiger partial charge in [0.05, 0.1) is 0 Å². The Morgan fingerprint density at radius 2 is 2.07 bits per heavy atom. The summed E-state index contributed by atoms with van der Waals surface area (Å²) in [4.78, 5) is 2.63. The molecule has 2 aliphatic rings. The zero-order valence-corrected chi connectivity index (χ0v) is 9.57. The van der Waals surface area contributed by atoms with Crippen LogP contribution in [0.1, 0.15) is 44.9 Å². The van der Waals surface area contributed by atoms with Crippen LogP contribution in [0.25, 0.3) is 0 Å². The predicted molar refractivity (Wildman–Crippen MR) is 62.8 cm³/mol. The highest BCUT2D eigenvalue weighted by Crippen LogP contribution is 2.29. The lowest BCUT2D eigenvalue weighted by Crippen LogP contribution is -2.47. The third-order valence-electron chi connectivity index (χ3n) is 3.77. The van der Waals surface area contributed by atoms with Crippen molar-refractivity contribution < 1.29 is 5.11 Å². The maximum Gasteiger partial charge on any atom is 0.0443 e. The lowest BCUT2D eigenvalue weighted by atomic mass is 9.88. The van der Waals surface area contributed by atoms with Gasteiger partial charge in [-0.05, 0) is 38.5 Å². The standard InChI is InChI=1S/C13H23NO/c15-11-5-10-14(13-8-4-9-13)12-6-2-1-3-7-12/h2,6,12-13,15H,1,3-5,7-11H2. The summed E-state index contributed by atoms with van der Waals surface area (Å²) in [5.74, 6) is 0. The minimum atomic E-state index is 0.333. The average Bonchev–Trinajstić information content (AvgIpc) is 2.22. The molecule has 0 bridgehead atoms. The Kier molecular flexibility index (Phi) is 4.21. The highest BCUT2D eigenvalue weighted by Gasteiger charge is 2.29. The van der Waals surface area contributed by atoms with Gasteiger partial charge in [-0.2, -0.15) is 0 Å². The summed E-state index contributed by atoms with van der Waals surface area (Å²) in [5, 5.41) is 8.94. The van der Waals surface area contributed by atoms with Crippen LogP contribution in [-0.2, 0) is 0 Å². The van der Waals surface area contributed by atoms with E-state index in [4.69, 9.17) is 5.11 Å². The molecule has 1 unspecified atom stereocenters. The molecule has 86 valence electrons. The Labute approximate surface area is 93.0 Å². The summed E-state index contributed by atoms with van der Waals surface area (Å²) < 4.78 is 0. The van der Waals surface area contributed by atoms with Crippen LogP contribution in [0.4, 0.5) is 0 Å². The molecule has 1 N–H and O–H groups in total. The molecule has 1 atom stereocenters. The fraction of sp³-hybridized carbons (Fsp3) is 0.846. The van der Waals surface area contributed by atoms with Crippen molar-refractivity contribution in [2.45, 2.75) is 57.0 Å². The Hall–Kier alpha value is -0.340. The summed E-state index contributed by atoms with van der Waals surface area (Å²) in [6, 6.07) is 1.47. The molecule has 2 rings (SSSR count). The Morgan fingerprint density at radius 1 is 1.20 bits per heavy atom. The van der Waals surface area contributed by atoms with E-state index < -0.39 is 0 Å². The molecule has 2 heteroatoms. The predicted octanol–water partition coefficient (Wildman–Crippen LogP) is 2.33. The number of hydrogen-bond donors (Lipinski definition) is 1. The molecular formula is C13H23NO. The Morgan fingerprint density at radius 3 is 2.60 bits per heavy atom. The molecule has 2 aliphatic carbocycles. The van der Waals surface area contributed by atoms with Crippen LogP contribution in [0.15, 0.2) is 12.2 Å². The fourth-order valence-electron chi connectivity index (χ4n) is 2.66. The molecular weight excluding hydrogens is 186 g/mol. The molecule has 0 aromatic rings. The molecule has 1 saturated carbocycles. The second-order valence-electron chi connectivity index (χ2n) is 4.83. The summed E-state index contributed by atoms with van der Waals surface area (Å²) >= 11 is 0. The van der Waals surface area contributed by atoms with Crippen LogP contribution >= 0.6 is 0 Å². The van der Waals surface area contributed by atoms with Crippen LogP contribution in [-0.4, -0.2) is 35.2 Å². The number of allylic oxidation sites excluding steroid dienone is 1. The van der Waals surface area contributed by atoms with Crippen LogP contribution < -0.4 is 0 Å². The minimum Gasteiger partial charge on any atom is -0.396 e. The minimum absolute atomic E-state index is 0.333. The molecule has 0 saturated heterocycles. The van der Waals surface area contributed by atoms with Crippen molar-refractivity contribution in [1.82, 2.24) is 4.90 Å². The van der Waals surface area contributed by atoms with Gasteiger partial charge < -0.3 is 5.11 Å². The van der Waals surface area contributed by atoms with Gasteiger partial charge in [0, 0.05) is 25.2 Å². The molecule has 0 heterocycles. The second-order valence-corrected chi connectivity index (χ2v) is 4.83. The molecule has 1 fully saturated rings. The molecule has 2 nitrogen and oxygen atoms in total. The zero-order chi connectivity index (χ0) is 10.5. The van der Waals surface area contributed by atoms with Gasteiger partial charge in [0.2, 0.25) is 0 Å². The van der Waals surface area contributed by atoms with Crippen molar-refractivity contribution in [2.24, 2.45) is 0 Å². The number of hydrogen-bond acceptors (Lipinski definition) is 2. The van der Waals surface area contributed by atoms with E-state index in [1.807, 2.05) is 0 Å². The van der Waals surface area contributed by atoms with Crippen LogP contribution in [0.3, 0.4) is 0 Å². The first-order valence-corrected chi connectivity index (χ1v) is 6.45. The lowest BCUT2D eigenvalue weighted by Gasteiger charge is -2.42. The zero-order valence-electron chi connectivity index (χ0n) is 9.57. The summed E-state index contributed by atoms with van der Waals surface area (Å²) in [7, 11) is 0. The van der Waals surface area contributed by atoms with Crippen LogP contribution in [0.5, 0.6) is 0 Å². The highest BCUT2D eigenvalue weighted by molar-refractivity contribution is 5.01. The maximum atomic E-state index is 8.94. The number of aliphatic hydroxyl groups excluding tert-OH is 1. The topological polar surface area (TPSA) is 23.5 Å². The summed E-state index contributed by atoms with van der Waals surface area (Å²) in [6.45, 7) is 1.41. The molecule has 15 heavy (non-hydrogen) atoms. The van der Waals surface area contributed by atoms with E-state index >= 15 is 0 Å².